The molecule has 0 bridgehead atoms. The molecular weight excluding hydrogens is 288 g/mol. The van der Waals surface area contributed by atoms with Crippen LogP contribution in [0.5, 0.6) is 0 Å². The number of hydrogen-bond acceptors (Lipinski definition) is 0. The van der Waals surface area contributed by atoms with Gasteiger partial charge in [0.1, 0.15) is 0 Å². The van der Waals surface area contributed by atoms with E-state index in [4.69, 9.17) is 0 Å². The van der Waals surface area contributed by atoms with Crippen molar-refractivity contribution in [2.45, 2.75) is 45.4 Å². The molecule has 0 saturated carbocycles. The maximum atomic E-state index is 3.78. The zero-order valence-electron chi connectivity index (χ0n) is 7.07. The van der Waals surface area contributed by atoms with Crippen molar-refractivity contribution < 1.29 is 19.5 Å². The summed E-state index contributed by atoms with van der Waals surface area (Å²) in [6.45, 7) is 6.02. The molecule has 0 heterocycles. The molecule has 0 aromatic rings. The van der Waals surface area contributed by atoms with E-state index in [2.05, 4.69) is 13.8 Å². The van der Waals surface area contributed by atoms with E-state index in [9.17, 15) is 0 Å². The summed E-state index contributed by atoms with van der Waals surface area (Å²) in [6.07, 6.45) is 7.98. The van der Waals surface area contributed by atoms with Crippen molar-refractivity contribution >= 4 is 24.0 Å². The Kier molecular flexibility index (Phi) is 29.2. The summed E-state index contributed by atoms with van der Waals surface area (Å²) in [5, 5.41) is 0. The predicted molar refractivity (Wildman–Crippen MR) is 54.1 cm³/mol. The second-order valence-corrected chi connectivity index (χ2v) is 2.27. The summed E-state index contributed by atoms with van der Waals surface area (Å²) in [7, 11) is 0. The Labute approximate surface area is 95.3 Å². The summed E-state index contributed by atoms with van der Waals surface area (Å²) in [4.78, 5) is 0. The largest absolute Gasteiger partial charge is 0.343 e. The van der Waals surface area contributed by atoms with Gasteiger partial charge in [0, 0.05) is 19.5 Å². The van der Waals surface area contributed by atoms with E-state index >= 15 is 0 Å². The Balaban J connectivity index is -0.000000245. The molecule has 0 nitrogen and oxygen atoms in total. The van der Waals surface area contributed by atoms with Gasteiger partial charge in [-0.1, -0.05) is 39.0 Å². The molecule has 0 aromatic heterocycles. The standard InChI is InChI=1S/C8H17.HI.Zn/c1-3-5-7-8-6-4-2;;/h1,3-8H2,2H3;1H;/q-1;;. The third kappa shape index (κ3) is 16.2. The summed E-state index contributed by atoms with van der Waals surface area (Å²) in [5.41, 5.74) is 0. The fourth-order valence-corrected chi connectivity index (χ4v) is 0.780. The van der Waals surface area contributed by atoms with Crippen LogP contribution in [0.1, 0.15) is 45.4 Å². The van der Waals surface area contributed by atoms with Gasteiger partial charge in [0.05, 0.1) is 0 Å². The first kappa shape index (κ1) is 17.4. The van der Waals surface area contributed by atoms with Gasteiger partial charge in [0.25, 0.3) is 0 Å². The third-order valence-corrected chi connectivity index (χ3v) is 1.35. The number of hydrogen-bond donors (Lipinski definition) is 0. The van der Waals surface area contributed by atoms with E-state index in [-0.39, 0.29) is 43.5 Å². The minimum absolute atomic E-state index is 0. The molecule has 0 radical (unpaired) electrons. The molecule has 60 valence electrons. The van der Waals surface area contributed by atoms with E-state index in [1.54, 1.807) is 0 Å². The zero-order valence-corrected chi connectivity index (χ0v) is 12.4. The van der Waals surface area contributed by atoms with Crippen LogP contribution in [0.3, 0.4) is 0 Å². The van der Waals surface area contributed by atoms with E-state index in [1.807, 2.05) is 0 Å². The van der Waals surface area contributed by atoms with Crippen molar-refractivity contribution in [3.63, 3.8) is 0 Å². The van der Waals surface area contributed by atoms with Gasteiger partial charge >= 0.3 is 0 Å². The minimum Gasteiger partial charge on any atom is -0.343 e. The van der Waals surface area contributed by atoms with Gasteiger partial charge in [-0.2, -0.15) is 6.42 Å². The average molecular weight is 307 g/mol. The van der Waals surface area contributed by atoms with Gasteiger partial charge in [0.15, 0.2) is 0 Å². The molecule has 0 aliphatic heterocycles. The molecule has 0 atom stereocenters. The average Bonchev–Trinajstić information content (AvgIpc) is 1.81. The summed E-state index contributed by atoms with van der Waals surface area (Å²) in [6, 6.07) is 0. The smallest absolute Gasteiger partial charge is 0 e. The second kappa shape index (κ2) is 16.8. The quantitative estimate of drug-likeness (QED) is 0.314. The summed E-state index contributed by atoms with van der Waals surface area (Å²) in [5.74, 6) is 0. The van der Waals surface area contributed by atoms with Crippen LogP contribution in [0.15, 0.2) is 0 Å². The topological polar surface area (TPSA) is 0 Å². The number of unbranched alkanes of at least 4 members (excludes halogenated alkanes) is 5. The van der Waals surface area contributed by atoms with Crippen molar-refractivity contribution in [3.05, 3.63) is 6.92 Å². The summed E-state index contributed by atoms with van der Waals surface area (Å²) < 4.78 is 0. The van der Waals surface area contributed by atoms with Gasteiger partial charge in [-0.15, -0.1) is 24.0 Å². The van der Waals surface area contributed by atoms with E-state index < -0.39 is 0 Å². The van der Waals surface area contributed by atoms with Crippen LogP contribution in [0.25, 0.3) is 0 Å². The van der Waals surface area contributed by atoms with Gasteiger partial charge in [0.2, 0.25) is 0 Å². The predicted octanol–water partition coefficient (Wildman–Crippen LogP) is 3.80. The Morgan fingerprint density at radius 3 is 1.90 bits per heavy atom. The van der Waals surface area contributed by atoms with Crippen LogP contribution < -0.4 is 0 Å². The minimum atomic E-state index is 0. The van der Waals surface area contributed by atoms with Crippen LogP contribution in [0, 0.1) is 6.92 Å². The molecule has 0 aliphatic carbocycles. The molecule has 0 aromatic carbocycles. The fraction of sp³-hybridized carbons (Fsp3) is 0.875. The molecule has 0 fully saturated rings. The SMILES string of the molecule is I.[CH2-]CCCCCCC.[Zn]. The molecule has 10 heavy (non-hydrogen) atoms. The van der Waals surface area contributed by atoms with Crippen LogP contribution in [-0.2, 0) is 19.5 Å². The monoisotopic (exact) mass is 305 g/mol. The molecule has 2 heteroatoms. The second-order valence-electron chi connectivity index (χ2n) is 2.27. The van der Waals surface area contributed by atoms with Crippen molar-refractivity contribution in [1.82, 2.24) is 0 Å². The Hall–Kier alpha value is 1.35. The third-order valence-electron chi connectivity index (χ3n) is 1.35. The van der Waals surface area contributed by atoms with Crippen LogP contribution >= 0.6 is 24.0 Å². The van der Waals surface area contributed by atoms with Crippen molar-refractivity contribution in [3.8, 4) is 0 Å². The Morgan fingerprint density at radius 1 is 1.00 bits per heavy atom. The van der Waals surface area contributed by atoms with E-state index in [0.29, 0.717) is 0 Å². The van der Waals surface area contributed by atoms with E-state index in [0.717, 1.165) is 6.42 Å². The number of halogens is 1. The van der Waals surface area contributed by atoms with Crippen LogP contribution in [0.4, 0.5) is 0 Å². The summed E-state index contributed by atoms with van der Waals surface area (Å²) >= 11 is 0. The maximum Gasteiger partial charge on any atom is 0 e. The van der Waals surface area contributed by atoms with Crippen molar-refractivity contribution in [2.75, 3.05) is 0 Å². The first-order valence-corrected chi connectivity index (χ1v) is 3.71. The molecule has 0 aliphatic rings. The molecule has 0 saturated heterocycles. The molecule has 0 unspecified atom stereocenters. The first-order valence-electron chi connectivity index (χ1n) is 3.71. The maximum absolute atomic E-state index is 3.78. The van der Waals surface area contributed by atoms with Crippen molar-refractivity contribution in [2.24, 2.45) is 0 Å². The van der Waals surface area contributed by atoms with Crippen molar-refractivity contribution in [1.29, 1.82) is 0 Å². The molecule has 0 amide bonds. The molecule has 0 rings (SSSR count). The van der Waals surface area contributed by atoms with Crippen LogP contribution in [0.2, 0.25) is 0 Å². The number of rotatable bonds is 5. The zero-order chi connectivity index (χ0) is 6.24. The Morgan fingerprint density at radius 2 is 1.50 bits per heavy atom. The first-order chi connectivity index (χ1) is 3.91. The molecule has 0 N–H and O–H groups in total. The molecule has 0 spiro atoms. The Bertz CT molecular complexity index is 34.2. The van der Waals surface area contributed by atoms with Gasteiger partial charge < -0.3 is 6.92 Å². The van der Waals surface area contributed by atoms with Crippen LogP contribution in [-0.4, -0.2) is 0 Å². The normalized spacial score (nSPS) is 7.80. The van der Waals surface area contributed by atoms with Gasteiger partial charge in [-0.05, 0) is 0 Å². The molecular formula is C8H18IZn-. The van der Waals surface area contributed by atoms with E-state index in [1.165, 1.54) is 32.1 Å². The van der Waals surface area contributed by atoms with Gasteiger partial charge in [-0.3, -0.25) is 0 Å². The fourth-order valence-electron chi connectivity index (χ4n) is 0.780. The van der Waals surface area contributed by atoms with Gasteiger partial charge in [-0.25, -0.2) is 0 Å².